The van der Waals surface area contributed by atoms with Crippen molar-refractivity contribution in [1.29, 1.82) is 0 Å². The van der Waals surface area contributed by atoms with E-state index in [1.807, 2.05) is 0 Å². The molecule has 0 atom stereocenters. The molecule has 0 heterocycles. The van der Waals surface area contributed by atoms with Crippen LogP contribution in [0.3, 0.4) is 0 Å². The predicted octanol–water partition coefficient (Wildman–Crippen LogP) is 4.35. The minimum absolute atomic E-state index is 0.200. The topological polar surface area (TPSA) is 55.4 Å². The van der Waals surface area contributed by atoms with Crippen molar-refractivity contribution in [1.82, 2.24) is 0 Å². The zero-order valence-electron chi connectivity index (χ0n) is 12.4. The van der Waals surface area contributed by atoms with E-state index in [4.69, 9.17) is 27.9 Å². The van der Waals surface area contributed by atoms with Gasteiger partial charge in [0, 0.05) is 21.3 Å². The van der Waals surface area contributed by atoms with Crippen molar-refractivity contribution in [2.75, 3.05) is 11.9 Å². The maximum absolute atomic E-state index is 12.2. The van der Waals surface area contributed by atoms with E-state index in [1.165, 1.54) is 12.1 Å². The van der Waals surface area contributed by atoms with E-state index in [9.17, 15) is 9.59 Å². The van der Waals surface area contributed by atoms with E-state index in [0.717, 1.165) is 5.56 Å². The summed E-state index contributed by atoms with van der Waals surface area (Å²) in [6.07, 6.45) is 0.200. The number of ether oxygens (including phenoxy) is 1. The average molecular weight is 352 g/mol. The zero-order chi connectivity index (χ0) is 16.8. The third-order valence-corrected chi connectivity index (χ3v) is 3.43. The van der Waals surface area contributed by atoms with E-state index in [0.29, 0.717) is 27.9 Å². The summed E-state index contributed by atoms with van der Waals surface area (Å²) in [6.45, 7) is 2.12. The maximum atomic E-state index is 12.2. The fourth-order valence-corrected chi connectivity index (χ4v) is 2.50. The van der Waals surface area contributed by atoms with Crippen LogP contribution < -0.4 is 5.32 Å². The highest BCUT2D eigenvalue weighted by molar-refractivity contribution is 6.35. The van der Waals surface area contributed by atoms with E-state index in [-0.39, 0.29) is 18.3 Å². The molecule has 1 N–H and O–H groups in total. The van der Waals surface area contributed by atoms with Crippen LogP contribution in [0.15, 0.2) is 42.5 Å². The first kappa shape index (κ1) is 17.3. The number of halogens is 2. The second kappa shape index (κ2) is 7.99. The van der Waals surface area contributed by atoms with E-state index in [2.05, 4.69) is 5.32 Å². The maximum Gasteiger partial charge on any atom is 0.310 e. The van der Waals surface area contributed by atoms with Gasteiger partial charge in [0.25, 0.3) is 5.91 Å². The summed E-state index contributed by atoms with van der Waals surface area (Å²) < 4.78 is 4.89. The number of benzene rings is 2. The highest BCUT2D eigenvalue weighted by atomic mass is 35.5. The Morgan fingerprint density at radius 2 is 1.65 bits per heavy atom. The van der Waals surface area contributed by atoms with Gasteiger partial charge >= 0.3 is 5.97 Å². The van der Waals surface area contributed by atoms with Crippen LogP contribution in [-0.4, -0.2) is 18.5 Å². The summed E-state index contributed by atoms with van der Waals surface area (Å²) in [5.41, 5.74) is 1.80. The molecular formula is C17H15Cl2NO3. The fourth-order valence-electron chi connectivity index (χ4n) is 1.97. The Labute approximate surface area is 144 Å². The first-order chi connectivity index (χ1) is 11.0. The fraction of sp³-hybridized carbons (Fsp3) is 0.176. The molecule has 120 valence electrons. The molecule has 2 aromatic rings. The summed E-state index contributed by atoms with van der Waals surface area (Å²) in [5.74, 6) is -0.592. The van der Waals surface area contributed by atoms with Crippen LogP contribution in [0.4, 0.5) is 5.69 Å². The standard InChI is InChI=1S/C17H15Cl2NO3/c1-2-23-16(21)7-11-3-5-15(6-4-11)20-17(22)12-8-13(18)10-14(19)9-12/h3-6,8-10H,2,7H2,1H3,(H,20,22). The number of amides is 1. The Kier molecular flexibility index (Phi) is 6.02. The van der Waals surface area contributed by atoms with Gasteiger partial charge < -0.3 is 10.1 Å². The highest BCUT2D eigenvalue weighted by Crippen LogP contribution is 2.20. The summed E-state index contributed by atoms with van der Waals surface area (Å²) in [6, 6.07) is 11.6. The minimum atomic E-state index is -0.312. The van der Waals surface area contributed by atoms with E-state index < -0.39 is 0 Å². The van der Waals surface area contributed by atoms with Crippen molar-refractivity contribution in [3.63, 3.8) is 0 Å². The minimum Gasteiger partial charge on any atom is -0.466 e. The number of hydrogen-bond donors (Lipinski definition) is 1. The quantitative estimate of drug-likeness (QED) is 0.814. The number of nitrogens with one attached hydrogen (secondary N) is 1. The molecule has 0 spiro atoms. The van der Waals surface area contributed by atoms with E-state index in [1.54, 1.807) is 37.3 Å². The molecule has 1 amide bonds. The highest BCUT2D eigenvalue weighted by Gasteiger charge is 2.09. The number of hydrogen-bond acceptors (Lipinski definition) is 3. The van der Waals surface area contributed by atoms with Crippen LogP contribution >= 0.6 is 23.2 Å². The molecule has 0 aliphatic carbocycles. The Hall–Kier alpha value is -2.04. The summed E-state index contributed by atoms with van der Waals surface area (Å²) in [7, 11) is 0. The third-order valence-electron chi connectivity index (χ3n) is 2.99. The molecular weight excluding hydrogens is 337 g/mol. The van der Waals surface area contributed by atoms with Crippen molar-refractivity contribution >= 4 is 40.8 Å². The Morgan fingerprint density at radius 3 is 2.22 bits per heavy atom. The average Bonchev–Trinajstić information content (AvgIpc) is 2.48. The second-order valence-electron chi connectivity index (χ2n) is 4.79. The molecule has 0 aliphatic heterocycles. The Morgan fingerprint density at radius 1 is 1.04 bits per heavy atom. The van der Waals surface area contributed by atoms with Gasteiger partial charge in [0.2, 0.25) is 0 Å². The molecule has 0 saturated carbocycles. The van der Waals surface area contributed by atoms with Crippen LogP contribution in [0.2, 0.25) is 10.0 Å². The van der Waals surface area contributed by atoms with Gasteiger partial charge in [-0.2, -0.15) is 0 Å². The summed E-state index contributed by atoms with van der Waals surface area (Å²) in [4.78, 5) is 23.6. The molecule has 0 aromatic heterocycles. The van der Waals surface area contributed by atoms with Gasteiger partial charge in [-0.3, -0.25) is 9.59 Å². The van der Waals surface area contributed by atoms with Gasteiger partial charge in [-0.15, -0.1) is 0 Å². The van der Waals surface area contributed by atoms with E-state index >= 15 is 0 Å². The number of esters is 1. The number of rotatable bonds is 5. The van der Waals surface area contributed by atoms with Crippen LogP contribution in [-0.2, 0) is 16.0 Å². The molecule has 2 aromatic carbocycles. The molecule has 23 heavy (non-hydrogen) atoms. The molecule has 0 fully saturated rings. The third kappa shape index (κ3) is 5.27. The lowest BCUT2D eigenvalue weighted by molar-refractivity contribution is -0.142. The molecule has 0 radical (unpaired) electrons. The first-order valence-corrected chi connectivity index (χ1v) is 7.75. The molecule has 0 saturated heterocycles. The van der Waals surface area contributed by atoms with Crippen molar-refractivity contribution in [2.45, 2.75) is 13.3 Å². The normalized spacial score (nSPS) is 10.2. The Bertz CT molecular complexity index is 694. The number of carbonyl (C=O) groups is 2. The van der Waals surface area contributed by atoms with Gasteiger partial charge in [-0.05, 0) is 42.8 Å². The lowest BCUT2D eigenvalue weighted by Gasteiger charge is -2.07. The molecule has 6 heteroatoms. The monoisotopic (exact) mass is 351 g/mol. The van der Waals surface area contributed by atoms with Crippen LogP contribution in [0.5, 0.6) is 0 Å². The van der Waals surface area contributed by atoms with Crippen molar-refractivity contribution in [3.05, 3.63) is 63.6 Å². The smallest absolute Gasteiger partial charge is 0.310 e. The largest absolute Gasteiger partial charge is 0.466 e. The van der Waals surface area contributed by atoms with Crippen molar-refractivity contribution in [3.8, 4) is 0 Å². The van der Waals surface area contributed by atoms with Gasteiger partial charge in [-0.25, -0.2) is 0 Å². The predicted molar refractivity (Wildman–Crippen MR) is 91.2 cm³/mol. The van der Waals surface area contributed by atoms with Gasteiger partial charge in [0.15, 0.2) is 0 Å². The second-order valence-corrected chi connectivity index (χ2v) is 5.66. The van der Waals surface area contributed by atoms with Crippen molar-refractivity contribution < 1.29 is 14.3 Å². The van der Waals surface area contributed by atoms with Crippen LogP contribution in [0.1, 0.15) is 22.8 Å². The lowest BCUT2D eigenvalue weighted by Crippen LogP contribution is -2.12. The van der Waals surface area contributed by atoms with Gasteiger partial charge in [0.05, 0.1) is 13.0 Å². The van der Waals surface area contributed by atoms with Crippen LogP contribution in [0, 0.1) is 0 Å². The molecule has 2 rings (SSSR count). The lowest BCUT2D eigenvalue weighted by atomic mass is 10.1. The molecule has 4 nitrogen and oxygen atoms in total. The summed E-state index contributed by atoms with van der Waals surface area (Å²) in [5, 5.41) is 3.54. The summed E-state index contributed by atoms with van der Waals surface area (Å²) >= 11 is 11.8. The number of carbonyl (C=O) groups excluding carboxylic acids is 2. The first-order valence-electron chi connectivity index (χ1n) is 7.00. The van der Waals surface area contributed by atoms with Crippen LogP contribution in [0.25, 0.3) is 0 Å². The SMILES string of the molecule is CCOC(=O)Cc1ccc(NC(=O)c2cc(Cl)cc(Cl)c2)cc1. The number of anilines is 1. The molecule has 0 bridgehead atoms. The Balaban J connectivity index is 2.02. The molecule has 0 aliphatic rings. The van der Waals surface area contributed by atoms with Gasteiger partial charge in [-0.1, -0.05) is 35.3 Å². The zero-order valence-corrected chi connectivity index (χ0v) is 13.9. The molecule has 0 unspecified atom stereocenters. The van der Waals surface area contributed by atoms with Crippen molar-refractivity contribution in [2.24, 2.45) is 0 Å². The van der Waals surface area contributed by atoms with Gasteiger partial charge in [0.1, 0.15) is 0 Å².